The number of benzene rings is 2. The summed E-state index contributed by atoms with van der Waals surface area (Å²) in [5.74, 6) is 2.28. The first-order valence-corrected chi connectivity index (χ1v) is 12.8. The second-order valence-corrected chi connectivity index (χ2v) is 10.3. The molecule has 8 heteroatoms. The molecule has 1 fully saturated rings. The summed E-state index contributed by atoms with van der Waals surface area (Å²) in [6.45, 7) is 3.66. The molecule has 1 N–H and O–H groups in total. The van der Waals surface area contributed by atoms with Crippen LogP contribution in [0.25, 0.3) is 0 Å². The van der Waals surface area contributed by atoms with E-state index in [4.69, 9.17) is 14.2 Å². The molecule has 0 radical (unpaired) electrons. The summed E-state index contributed by atoms with van der Waals surface area (Å²) in [4.78, 5) is 2.04. The summed E-state index contributed by atoms with van der Waals surface area (Å²) in [6, 6.07) is 15.0. The molecule has 0 spiro atoms. The standard InChI is InChI=1S/C24H33NO6S/c1-3-13-30-22-10-8-19(9-11-22)15-25(20-12-14-32(27,28)18-20)16-21(26)17-31-24-7-5-4-6-23(24)29-2/h4-11,20-21,26H,3,12-18H2,1-2H3. The van der Waals surface area contributed by atoms with Crippen LogP contribution in [-0.4, -0.2) is 68.9 Å². The molecule has 2 unspecified atom stereocenters. The topological polar surface area (TPSA) is 85.3 Å². The van der Waals surface area contributed by atoms with Crippen LogP contribution < -0.4 is 14.2 Å². The van der Waals surface area contributed by atoms with Crippen LogP contribution in [0.15, 0.2) is 48.5 Å². The highest BCUT2D eigenvalue weighted by Crippen LogP contribution is 2.26. The molecule has 0 saturated carbocycles. The summed E-state index contributed by atoms with van der Waals surface area (Å²) >= 11 is 0. The van der Waals surface area contributed by atoms with Crippen molar-refractivity contribution >= 4 is 9.84 Å². The van der Waals surface area contributed by atoms with Gasteiger partial charge in [-0.15, -0.1) is 0 Å². The molecule has 3 rings (SSSR count). The monoisotopic (exact) mass is 463 g/mol. The van der Waals surface area contributed by atoms with E-state index in [1.807, 2.05) is 41.3 Å². The molecular formula is C24H33NO6S. The van der Waals surface area contributed by atoms with E-state index in [1.54, 1.807) is 19.2 Å². The largest absolute Gasteiger partial charge is 0.494 e. The maximum atomic E-state index is 12.1. The van der Waals surface area contributed by atoms with Crippen molar-refractivity contribution in [3.05, 3.63) is 54.1 Å². The molecule has 32 heavy (non-hydrogen) atoms. The number of para-hydroxylation sites is 2. The van der Waals surface area contributed by atoms with Crippen LogP contribution >= 0.6 is 0 Å². The molecule has 0 amide bonds. The molecule has 0 aromatic heterocycles. The lowest BCUT2D eigenvalue weighted by Crippen LogP contribution is -2.42. The molecule has 176 valence electrons. The van der Waals surface area contributed by atoms with Gasteiger partial charge in [0, 0.05) is 19.1 Å². The Balaban J connectivity index is 1.64. The van der Waals surface area contributed by atoms with Gasteiger partial charge in [-0.05, 0) is 42.7 Å². The van der Waals surface area contributed by atoms with Crippen LogP contribution in [-0.2, 0) is 16.4 Å². The van der Waals surface area contributed by atoms with Gasteiger partial charge >= 0.3 is 0 Å². The number of rotatable bonds is 12. The van der Waals surface area contributed by atoms with Crippen molar-refractivity contribution in [2.24, 2.45) is 0 Å². The first kappa shape index (κ1) is 24.4. The Morgan fingerprint density at radius 2 is 1.81 bits per heavy atom. The van der Waals surface area contributed by atoms with Gasteiger partial charge in [0.15, 0.2) is 21.3 Å². The third-order valence-corrected chi connectivity index (χ3v) is 7.20. The fourth-order valence-corrected chi connectivity index (χ4v) is 5.56. The van der Waals surface area contributed by atoms with Gasteiger partial charge in [0.05, 0.1) is 25.2 Å². The van der Waals surface area contributed by atoms with Crippen LogP contribution in [0.2, 0.25) is 0 Å². The van der Waals surface area contributed by atoms with E-state index >= 15 is 0 Å². The van der Waals surface area contributed by atoms with Crippen LogP contribution in [0.5, 0.6) is 17.2 Å². The van der Waals surface area contributed by atoms with E-state index < -0.39 is 15.9 Å². The lowest BCUT2D eigenvalue weighted by molar-refractivity contribution is 0.0517. The molecule has 1 saturated heterocycles. The highest BCUT2D eigenvalue weighted by atomic mass is 32.2. The van der Waals surface area contributed by atoms with E-state index in [-0.39, 0.29) is 24.2 Å². The normalized spacial score (nSPS) is 18.4. The molecule has 1 heterocycles. The summed E-state index contributed by atoms with van der Waals surface area (Å²) in [7, 11) is -1.47. The van der Waals surface area contributed by atoms with Gasteiger partial charge in [0.2, 0.25) is 0 Å². The molecule has 7 nitrogen and oxygen atoms in total. The average molecular weight is 464 g/mol. The summed E-state index contributed by atoms with van der Waals surface area (Å²) in [5, 5.41) is 10.7. The number of nitrogens with zero attached hydrogens (tertiary/aromatic N) is 1. The SMILES string of the molecule is CCCOc1ccc(CN(CC(O)COc2ccccc2OC)C2CCS(=O)(=O)C2)cc1. The van der Waals surface area contributed by atoms with Gasteiger partial charge < -0.3 is 19.3 Å². The maximum Gasteiger partial charge on any atom is 0.161 e. The van der Waals surface area contributed by atoms with Gasteiger partial charge in [0.25, 0.3) is 0 Å². The van der Waals surface area contributed by atoms with Gasteiger partial charge in [0.1, 0.15) is 18.5 Å². The minimum absolute atomic E-state index is 0.0835. The highest BCUT2D eigenvalue weighted by molar-refractivity contribution is 7.91. The average Bonchev–Trinajstić information content (AvgIpc) is 3.16. The lowest BCUT2D eigenvalue weighted by Gasteiger charge is -2.30. The summed E-state index contributed by atoms with van der Waals surface area (Å²) < 4.78 is 40.8. The predicted molar refractivity (Wildman–Crippen MR) is 124 cm³/mol. The quantitative estimate of drug-likeness (QED) is 0.518. The molecular weight excluding hydrogens is 430 g/mol. The van der Waals surface area contributed by atoms with Crippen LogP contribution in [0.1, 0.15) is 25.3 Å². The fourth-order valence-electron chi connectivity index (χ4n) is 3.80. The van der Waals surface area contributed by atoms with E-state index in [0.717, 1.165) is 17.7 Å². The number of hydrogen-bond donors (Lipinski definition) is 1. The van der Waals surface area contributed by atoms with Crippen molar-refractivity contribution in [1.29, 1.82) is 0 Å². The number of methoxy groups -OCH3 is 1. The minimum Gasteiger partial charge on any atom is -0.494 e. The zero-order valence-corrected chi connectivity index (χ0v) is 19.6. The summed E-state index contributed by atoms with van der Waals surface area (Å²) in [5.41, 5.74) is 1.04. The van der Waals surface area contributed by atoms with Gasteiger partial charge in [-0.2, -0.15) is 0 Å². The first-order chi connectivity index (χ1) is 15.4. The van der Waals surface area contributed by atoms with E-state index in [9.17, 15) is 13.5 Å². The second-order valence-electron chi connectivity index (χ2n) is 8.09. The van der Waals surface area contributed by atoms with Crippen molar-refractivity contribution in [2.75, 3.05) is 38.4 Å². The number of ether oxygens (including phenoxy) is 3. The highest BCUT2D eigenvalue weighted by Gasteiger charge is 2.33. The van der Waals surface area contributed by atoms with Crippen molar-refractivity contribution < 1.29 is 27.7 Å². The number of sulfone groups is 1. The smallest absolute Gasteiger partial charge is 0.161 e. The Kier molecular flexibility index (Phi) is 8.78. The number of aliphatic hydroxyl groups excluding tert-OH is 1. The molecule has 1 aliphatic rings. The zero-order valence-electron chi connectivity index (χ0n) is 18.8. The van der Waals surface area contributed by atoms with E-state index in [2.05, 4.69) is 6.92 Å². The first-order valence-electron chi connectivity index (χ1n) is 11.0. The third kappa shape index (κ3) is 7.12. The maximum absolute atomic E-state index is 12.1. The Morgan fingerprint density at radius 3 is 2.44 bits per heavy atom. The number of hydrogen-bond acceptors (Lipinski definition) is 7. The van der Waals surface area contributed by atoms with Crippen molar-refractivity contribution in [3.63, 3.8) is 0 Å². The summed E-state index contributed by atoms with van der Waals surface area (Å²) in [6.07, 6.45) is 0.732. The van der Waals surface area contributed by atoms with E-state index in [0.29, 0.717) is 37.6 Å². The lowest BCUT2D eigenvalue weighted by atomic mass is 10.1. The second kappa shape index (κ2) is 11.5. The van der Waals surface area contributed by atoms with Crippen molar-refractivity contribution in [2.45, 2.75) is 38.5 Å². The minimum atomic E-state index is -3.04. The molecule has 0 bridgehead atoms. The van der Waals surface area contributed by atoms with Crippen molar-refractivity contribution in [1.82, 2.24) is 4.90 Å². The molecule has 2 aromatic carbocycles. The Bertz CT molecular complexity index is 947. The zero-order chi connectivity index (χ0) is 23.0. The van der Waals surface area contributed by atoms with Crippen LogP contribution in [0.3, 0.4) is 0 Å². The Morgan fingerprint density at radius 1 is 1.09 bits per heavy atom. The van der Waals surface area contributed by atoms with Crippen LogP contribution in [0, 0.1) is 0 Å². The molecule has 0 aliphatic carbocycles. The van der Waals surface area contributed by atoms with Crippen LogP contribution in [0.4, 0.5) is 0 Å². The number of aliphatic hydroxyl groups is 1. The van der Waals surface area contributed by atoms with E-state index in [1.165, 1.54) is 0 Å². The van der Waals surface area contributed by atoms with Gasteiger partial charge in [-0.1, -0.05) is 31.2 Å². The Hall–Kier alpha value is -2.29. The van der Waals surface area contributed by atoms with Crippen molar-refractivity contribution in [3.8, 4) is 17.2 Å². The molecule has 2 atom stereocenters. The Labute approximate surface area is 190 Å². The third-order valence-electron chi connectivity index (χ3n) is 5.45. The molecule has 2 aromatic rings. The predicted octanol–water partition coefficient (Wildman–Crippen LogP) is 2.91. The van der Waals surface area contributed by atoms with Gasteiger partial charge in [-0.3, -0.25) is 4.90 Å². The fraction of sp³-hybridized carbons (Fsp3) is 0.500. The molecule has 1 aliphatic heterocycles. The van der Waals surface area contributed by atoms with Gasteiger partial charge in [-0.25, -0.2) is 8.42 Å².